The molecular formula is C16H25NO2. The van der Waals surface area contributed by atoms with Gasteiger partial charge in [0.05, 0.1) is 6.61 Å². The van der Waals surface area contributed by atoms with Crippen LogP contribution in [-0.4, -0.2) is 32.9 Å². The van der Waals surface area contributed by atoms with Crippen LogP contribution in [0.15, 0.2) is 24.3 Å². The van der Waals surface area contributed by atoms with Gasteiger partial charge in [-0.1, -0.05) is 26.0 Å². The van der Waals surface area contributed by atoms with Gasteiger partial charge in [0.1, 0.15) is 12.4 Å². The monoisotopic (exact) mass is 263 g/mol. The average Bonchev–Trinajstić information content (AvgIpc) is 2.92. The fourth-order valence-corrected chi connectivity index (χ4v) is 2.26. The Kier molecular flexibility index (Phi) is 5.67. The van der Waals surface area contributed by atoms with Gasteiger partial charge >= 0.3 is 0 Å². The molecule has 1 saturated heterocycles. The maximum Gasteiger partial charge on any atom is 0.119 e. The molecule has 1 N–H and O–H groups in total. The van der Waals surface area contributed by atoms with Crippen molar-refractivity contribution < 1.29 is 9.47 Å². The maximum absolute atomic E-state index is 5.77. The van der Waals surface area contributed by atoms with Crippen molar-refractivity contribution in [2.45, 2.75) is 26.2 Å². The largest absolute Gasteiger partial charge is 0.492 e. The fourth-order valence-electron chi connectivity index (χ4n) is 2.26. The summed E-state index contributed by atoms with van der Waals surface area (Å²) in [4.78, 5) is 0. The van der Waals surface area contributed by atoms with Crippen LogP contribution in [0.4, 0.5) is 0 Å². The highest BCUT2D eigenvalue weighted by Gasteiger charge is 2.14. The second-order valence-electron chi connectivity index (χ2n) is 5.51. The molecule has 1 aromatic rings. The fraction of sp³-hybridized carbons (Fsp3) is 0.625. The number of ether oxygens (including phenoxy) is 2. The van der Waals surface area contributed by atoms with Crippen LogP contribution < -0.4 is 10.1 Å². The van der Waals surface area contributed by atoms with E-state index in [4.69, 9.17) is 9.47 Å². The minimum absolute atomic E-state index is 0.545. The number of nitrogens with one attached hydrogen (secondary N) is 1. The molecule has 1 fully saturated rings. The van der Waals surface area contributed by atoms with Gasteiger partial charge in [0.15, 0.2) is 0 Å². The van der Waals surface area contributed by atoms with Gasteiger partial charge in [-0.2, -0.15) is 0 Å². The van der Waals surface area contributed by atoms with E-state index in [0.29, 0.717) is 11.8 Å². The number of rotatable bonds is 7. The molecule has 1 aliphatic heterocycles. The first-order chi connectivity index (χ1) is 9.25. The lowest BCUT2D eigenvalue weighted by molar-refractivity contribution is 0.185. The molecule has 0 aliphatic carbocycles. The summed E-state index contributed by atoms with van der Waals surface area (Å²) in [5.41, 5.74) is 1.33. The van der Waals surface area contributed by atoms with Gasteiger partial charge in [-0.15, -0.1) is 0 Å². The van der Waals surface area contributed by atoms with Crippen molar-refractivity contribution in [1.82, 2.24) is 5.32 Å². The highest BCUT2D eigenvalue weighted by Crippen LogP contribution is 2.19. The Balaban J connectivity index is 1.63. The summed E-state index contributed by atoms with van der Waals surface area (Å²) in [6, 6.07) is 8.37. The van der Waals surface area contributed by atoms with Crippen molar-refractivity contribution in [1.29, 1.82) is 0 Å². The summed E-state index contributed by atoms with van der Waals surface area (Å²) in [5, 5.41) is 3.43. The van der Waals surface area contributed by atoms with Crippen LogP contribution in [0, 0.1) is 5.92 Å². The minimum Gasteiger partial charge on any atom is -0.492 e. The van der Waals surface area contributed by atoms with E-state index in [1.54, 1.807) is 0 Å². The topological polar surface area (TPSA) is 30.5 Å². The molecule has 0 aromatic heterocycles. The Labute approximate surface area is 116 Å². The lowest BCUT2D eigenvalue weighted by atomic mass is 10.0. The van der Waals surface area contributed by atoms with E-state index in [1.165, 1.54) is 12.0 Å². The van der Waals surface area contributed by atoms with Gasteiger partial charge in [0, 0.05) is 19.7 Å². The maximum atomic E-state index is 5.77. The van der Waals surface area contributed by atoms with Crippen molar-refractivity contribution in [2.75, 3.05) is 32.9 Å². The van der Waals surface area contributed by atoms with Gasteiger partial charge in [0.2, 0.25) is 0 Å². The van der Waals surface area contributed by atoms with Crippen LogP contribution in [0.5, 0.6) is 5.75 Å². The molecule has 0 spiro atoms. The quantitative estimate of drug-likeness (QED) is 0.767. The number of benzene rings is 1. The third kappa shape index (κ3) is 4.84. The van der Waals surface area contributed by atoms with Gasteiger partial charge in [-0.05, 0) is 36.0 Å². The Bertz CT molecular complexity index is 373. The van der Waals surface area contributed by atoms with Crippen molar-refractivity contribution >= 4 is 0 Å². The first-order valence-corrected chi connectivity index (χ1v) is 7.27. The summed E-state index contributed by atoms with van der Waals surface area (Å²) >= 11 is 0. The van der Waals surface area contributed by atoms with Crippen LogP contribution in [0.25, 0.3) is 0 Å². The van der Waals surface area contributed by atoms with Crippen molar-refractivity contribution in [3.8, 4) is 5.75 Å². The van der Waals surface area contributed by atoms with E-state index >= 15 is 0 Å². The van der Waals surface area contributed by atoms with Crippen molar-refractivity contribution in [3.63, 3.8) is 0 Å². The first-order valence-electron chi connectivity index (χ1n) is 7.27. The van der Waals surface area contributed by atoms with Gasteiger partial charge < -0.3 is 14.8 Å². The smallest absolute Gasteiger partial charge is 0.119 e. The molecule has 1 unspecified atom stereocenters. The standard InChI is InChI=1S/C16H25NO2/c1-13(2)15-4-3-5-16(10-15)19-9-7-17-11-14-6-8-18-12-14/h3-5,10,13-14,17H,6-9,11-12H2,1-2H3. The molecule has 1 aliphatic rings. The Morgan fingerprint density at radius 3 is 3.05 bits per heavy atom. The minimum atomic E-state index is 0.545. The van der Waals surface area contributed by atoms with Gasteiger partial charge in [-0.25, -0.2) is 0 Å². The molecule has 1 atom stereocenters. The lowest BCUT2D eigenvalue weighted by Gasteiger charge is -2.12. The molecule has 1 aromatic carbocycles. The van der Waals surface area contributed by atoms with Crippen LogP contribution in [0.3, 0.4) is 0 Å². The molecule has 0 amide bonds. The van der Waals surface area contributed by atoms with Crippen molar-refractivity contribution in [3.05, 3.63) is 29.8 Å². The van der Waals surface area contributed by atoms with Crippen LogP contribution in [0.2, 0.25) is 0 Å². The van der Waals surface area contributed by atoms with Crippen LogP contribution >= 0.6 is 0 Å². The van der Waals surface area contributed by atoms with Gasteiger partial charge in [-0.3, -0.25) is 0 Å². The summed E-state index contributed by atoms with van der Waals surface area (Å²) in [5.74, 6) is 2.20. The van der Waals surface area contributed by atoms with E-state index in [-0.39, 0.29) is 0 Å². The zero-order chi connectivity index (χ0) is 13.5. The zero-order valence-electron chi connectivity index (χ0n) is 12.0. The zero-order valence-corrected chi connectivity index (χ0v) is 12.0. The van der Waals surface area contributed by atoms with E-state index < -0.39 is 0 Å². The molecule has 1 heterocycles. The predicted octanol–water partition coefficient (Wildman–Crippen LogP) is 2.81. The summed E-state index contributed by atoms with van der Waals surface area (Å²) in [7, 11) is 0. The third-order valence-electron chi connectivity index (χ3n) is 3.53. The summed E-state index contributed by atoms with van der Waals surface area (Å²) in [6.07, 6.45) is 1.18. The first kappa shape index (κ1) is 14.4. The van der Waals surface area contributed by atoms with Crippen LogP contribution in [-0.2, 0) is 4.74 Å². The van der Waals surface area contributed by atoms with E-state index in [0.717, 1.165) is 38.7 Å². The Morgan fingerprint density at radius 2 is 2.32 bits per heavy atom. The van der Waals surface area contributed by atoms with Crippen LogP contribution in [0.1, 0.15) is 31.7 Å². The lowest BCUT2D eigenvalue weighted by Crippen LogP contribution is -2.27. The predicted molar refractivity (Wildman–Crippen MR) is 77.8 cm³/mol. The van der Waals surface area contributed by atoms with Crippen molar-refractivity contribution in [2.24, 2.45) is 5.92 Å². The highest BCUT2D eigenvalue weighted by atomic mass is 16.5. The molecule has 3 nitrogen and oxygen atoms in total. The molecule has 2 rings (SSSR count). The number of hydrogen-bond acceptors (Lipinski definition) is 3. The summed E-state index contributed by atoms with van der Waals surface area (Å²) < 4.78 is 11.1. The molecule has 0 saturated carbocycles. The summed E-state index contributed by atoms with van der Waals surface area (Å²) in [6.45, 7) is 8.87. The normalized spacial score (nSPS) is 19.0. The SMILES string of the molecule is CC(C)c1cccc(OCCNCC2CCOC2)c1. The molecule has 3 heteroatoms. The van der Waals surface area contributed by atoms with E-state index in [2.05, 4.69) is 37.4 Å². The number of hydrogen-bond donors (Lipinski definition) is 1. The molecule has 0 bridgehead atoms. The van der Waals surface area contributed by atoms with E-state index in [9.17, 15) is 0 Å². The second kappa shape index (κ2) is 7.51. The van der Waals surface area contributed by atoms with Gasteiger partial charge in [0.25, 0.3) is 0 Å². The second-order valence-corrected chi connectivity index (χ2v) is 5.51. The molecule has 106 valence electrons. The third-order valence-corrected chi connectivity index (χ3v) is 3.53. The van der Waals surface area contributed by atoms with E-state index in [1.807, 2.05) is 6.07 Å². The Hall–Kier alpha value is -1.06. The highest BCUT2D eigenvalue weighted by molar-refractivity contribution is 5.30. The Morgan fingerprint density at radius 1 is 1.42 bits per heavy atom. The molecule has 19 heavy (non-hydrogen) atoms. The average molecular weight is 263 g/mol. The molecular weight excluding hydrogens is 238 g/mol. The molecule has 0 radical (unpaired) electrons.